The highest BCUT2D eigenvalue weighted by atomic mass is 16.1. The number of amides is 1. The van der Waals surface area contributed by atoms with Gasteiger partial charge in [0.15, 0.2) is 5.84 Å². The number of carbonyl (C=O) groups excluding carboxylic acids is 1. The average molecular weight is 268 g/mol. The summed E-state index contributed by atoms with van der Waals surface area (Å²) in [6, 6.07) is 0.240. The summed E-state index contributed by atoms with van der Waals surface area (Å²) in [7, 11) is 3.77. The normalized spacial score (nSPS) is 12.6. The third-order valence-electron chi connectivity index (χ3n) is 3.33. The Bertz CT molecular complexity index is 321. The average Bonchev–Trinajstić information content (AvgIpc) is 2.44. The third kappa shape index (κ3) is 4.58. The molecule has 0 aromatic carbocycles. The first kappa shape index (κ1) is 17.5. The number of likely N-dealkylation sites (N-methyl/N-ethyl adjacent to an activating group) is 1. The van der Waals surface area contributed by atoms with E-state index in [1.165, 1.54) is 0 Å². The summed E-state index contributed by atoms with van der Waals surface area (Å²) in [6.45, 7) is 9.18. The number of nitrogens with one attached hydrogen (secondary N) is 1. The zero-order chi connectivity index (χ0) is 14.8. The largest absolute Gasteiger partial charge is 0.372 e. The Labute approximate surface area is 117 Å². The Morgan fingerprint density at radius 1 is 1.32 bits per heavy atom. The van der Waals surface area contributed by atoms with Gasteiger partial charge in [-0.05, 0) is 26.7 Å². The summed E-state index contributed by atoms with van der Waals surface area (Å²) in [5.74, 6) is 0.799. The van der Waals surface area contributed by atoms with E-state index in [0.717, 1.165) is 30.9 Å². The summed E-state index contributed by atoms with van der Waals surface area (Å²) >= 11 is 0. The minimum Gasteiger partial charge on any atom is -0.372 e. The summed E-state index contributed by atoms with van der Waals surface area (Å²) < 4.78 is 0. The lowest BCUT2D eigenvalue weighted by Crippen LogP contribution is -2.51. The highest BCUT2D eigenvalue weighted by Crippen LogP contribution is 2.13. The maximum absolute atomic E-state index is 10.9. The fourth-order valence-corrected chi connectivity index (χ4v) is 2.09. The van der Waals surface area contributed by atoms with Crippen LogP contribution in [-0.4, -0.2) is 48.8 Å². The van der Waals surface area contributed by atoms with Crippen LogP contribution in [0.3, 0.4) is 0 Å². The minimum atomic E-state index is 0.240. The first-order valence-electron chi connectivity index (χ1n) is 6.94. The van der Waals surface area contributed by atoms with Gasteiger partial charge in [0.25, 0.3) is 0 Å². The molecule has 5 heteroatoms. The first-order valence-corrected chi connectivity index (χ1v) is 6.94. The van der Waals surface area contributed by atoms with Gasteiger partial charge in [0.2, 0.25) is 6.41 Å². The van der Waals surface area contributed by atoms with Crippen molar-refractivity contribution in [2.24, 2.45) is 4.99 Å². The van der Waals surface area contributed by atoms with E-state index in [0.29, 0.717) is 6.41 Å². The summed E-state index contributed by atoms with van der Waals surface area (Å²) in [4.78, 5) is 17.4. The molecule has 0 saturated carbocycles. The van der Waals surface area contributed by atoms with Gasteiger partial charge in [-0.25, -0.2) is 0 Å². The van der Waals surface area contributed by atoms with Crippen molar-refractivity contribution in [3.63, 3.8) is 0 Å². The van der Waals surface area contributed by atoms with Crippen molar-refractivity contribution in [3.8, 4) is 0 Å². The van der Waals surface area contributed by atoms with Crippen molar-refractivity contribution in [2.45, 2.75) is 46.6 Å². The topological polar surface area (TPSA) is 47.9 Å². The van der Waals surface area contributed by atoms with E-state index < -0.39 is 0 Å². The van der Waals surface area contributed by atoms with E-state index in [1.54, 1.807) is 7.05 Å². The summed E-state index contributed by atoms with van der Waals surface area (Å²) in [6.07, 6.45) is 4.63. The SMILES string of the molecule is C/C=C(\C(=NC)N(NC=O)C(CC)CC)N(C)CC. The van der Waals surface area contributed by atoms with Gasteiger partial charge in [-0.15, -0.1) is 0 Å². The molecule has 110 valence electrons. The van der Waals surface area contributed by atoms with E-state index in [4.69, 9.17) is 0 Å². The lowest BCUT2D eigenvalue weighted by Gasteiger charge is -2.35. The second kappa shape index (κ2) is 9.42. The molecular weight excluding hydrogens is 240 g/mol. The number of hydrogen-bond acceptors (Lipinski definition) is 3. The molecule has 0 atom stereocenters. The molecule has 0 aromatic heterocycles. The first-order chi connectivity index (χ1) is 9.10. The quantitative estimate of drug-likeness (QED) is 0.317. The molecule has 0 saturated heterocycles. The fourth-order valence-electron chi connectivity index (χ4n) is 2.09. The van der Waals surface area contributed by atoms with Crippen LogP contribution >= 0.6 is 0 Å². The Morgan fingerprint density at radius 2 is 1.89 bits per heavy atom. The predicted molar refractivity (Wildman–Crippen MR) is 80.8 cm³/mol. The van der Waals surface area contributed by atoms with Crippen molar-refractivity contribution in [3.05, 3.63) is 11.8 Å². The molecule has 0 spiro atoms. The number of hydrogen-bond donors (Lipinski definition) is 1. The predicted octanol–water partition coefficient (Wildman–Crippen LogP) is 2.02. The Kier molecular flexibility index (Phi) is 8.66. The number of rotatable bonds is 8. The van der Waals surface area contributed by atoms with E-state index in [2.05, 4.69) is 36.1 Å². The van der Waals surface area contributed by atoms with Gasteiger partial charge in [-0.2, -0.15) is 0 Å². The standard InChI is InChI=1S/C14H28N4O/c1-7-12(8-2)18(16-11-19)14(15-5)13(9-3)17(6)10-4/h9,11-12H,7-8,10H2,1-6H3,(H,16,19)/b13-9+,15-14?. The van der Waals surface area contributed by atoms with Crippen molar-refractivity contribution in [1.82, 2.24) is 15.3 Å². The van der Waals surface area contributed by atoms with Crippen molar-refractivity contribution in [2.75, 3.05) is 20.6 Å². The van der Waals surface area contributed by atoms with Gasteiger partial charge in [0.1, 0.15) is 0 Å². The smallest absolute Gasteiger partial charge is 0.225 e. The van der Waals surface area contributed by atoms with E-state index in [-0.39, 0.29) is 6.04 Å². The van der Waals surface area contributed by atoms with Gasteiger partial charge in [-0.1, -0.05) is 19.9 Å². The number of carbonyl (C=O) groups is 1. The molecule has 0 heterocycles. The zero-order valence-electron chi connectivity index (χ0n) is 13.1. The van der Waals surface area contributed by atoms with Crippen molar-refractivity contribution >= 4 is 12.2 Å². The molecule has 19 heavy (non-hydrogen) atoms. The van der Waals surface area contributed by atoms with Crippen molar-refractivity contribution < 1.29 is 4.79 Å². The molecule has 0 bridgehead atoms. The molecule has 0 radical (unpaired) electrons. The molecule has 5 nitrogen and oxygen atoms in total. The molecule has 0 aliphatic rings. The molecule has 1 N–H and O–H groups in total. The molecule has 0 aliphatic carbocycles. The summed E-state index contributed by atoms with van der Waals surface area (Å²) in [5, 5.41) is 1.87. The zero-order valence-corrected chi connectivity index (χ0v) is 13.1. The highest BCUT2D eigenvalue weighted by molar-refractivity contribution is 5.98. The molecule has 0 aliphatic heterocycles. The van der Waals surface area contributed by atoms with Crippen LogP contribution in [-0.2, 0) is 4.79 Å². The summed E-state index contributed by atoms with van der Waals surface area (Å²) in [5.41, 5.74) is 3.80. The number of aliphatic imine (C=N–C) groups is 1. The lowest BCUT2D eigenvalue weighted by atomic mass is 10.1. The Morgan fingerprint density at radius 3 is 2.21 bits per heavy atom. The molecule has 1 amide bonds. The number of hydrazine groups is 1. The molecule has 0 unspecified atom stereocenters. The van der Waals surface area contributed by atoms with E-state index >= 15 is 0 Å². The number of nitrogens with zero attached hydrogens (tertiary/aromatic N) is 3. The van der Waals surface area contributed by atoms with Crippen LogP contribution in [0, 0.1) is 0 Å². The van der Waals surface area contributed by atoms with Crippen LogP contribution in [0.2, 0.25) is 0 Å². The van der Waals surface area contributed by atoms with Crippen LogP contribution < -0.4 is 5.43 Å². The van der Waals surface area contributed by atoms with E-state index in [9.17, 15) is 4.79 Å². The monoisotopic (exact) mass is 268 g/mol. The van der Waals surface area contributed by atoms with Gasteiger partial charge in [-0.3, -0.25) is 20.2 Å². The number of amidine groups is 1. The van der Waals surface area contributed by atoms with Crippen LogP contribution in [0.4, 0.5) is 0 Å². The highest BCUT2D eigenvalue weighted by Gasteiger charge is 2.22. The van der Waals surface area contributed by atoms with Gasteiger partial charge < -0.3 is 4.90 Å². The van der Waals surface area contributed by atoms with Crippen LogP contribution in [0.15, 0.2) is 16.8 Å². The van der Waals surface area contributed by atoms with Crippen LogP contribution in [0.1, 0.15) is 40.5 Å². The Balaban J connectivity index is 5.41. The second-order valence-corrected chi connectivity index (χ2v) is 4.32. The molecule has 0 rings (SSSR count). The third-order valence-corrected chi connectivity index (χ3v) is 3.33. The maximum atomic E-state index is 10.9. The minimum absolute atomic E-state index is 0.240. The van der Waals surface area contributed by atoms with E-state index in [1.807, 2.05) is 25.1 Å². The molecular formula is C14H28N4O. The van der Waals surface area contributed by atoms with Crippen LogP contribution in [0.25, 0.3) is 0 Å². The maximum Gasteiger partial charge on any atom is 0.225 e. The Hall–Kier alpha value is -1.52. The van der Waals surface area contributed by atoms with Gasteiger partial charge >= 0.3 is 0 Å². The lowest BCUT2D eigenvalue weighted by molar-refractivity contribution is -0.113. The fraction of sp³-hybridized carbons (Fsp3) is 0.714. The second-order valence-electron chi connectivity index (χ2n) is 4.32. The van der Waals surface area contributed by atoms with Gasteiger partial charge in [0.05, 0.1) is 11.7 Å². The van der Waals surface area contributed by atoms with Crippen molar-refractivity contribution in [1.29, 1.82) is 0 Å². The van der Waals surface area contributed by atoms with Gasteiger partial charge in [0, 0.05) is 20.6 Å². The molecule has 0 aromatic rings. The molecule has 0 fully saturated rings. The van der Waals surface area contributed by atoms with Crippen LogP contribution in [0.5, 0.6) is 0 Å². The number of allylic oxidation sites excluding steroid dienone is 1.